The van der Waals surface area contributed by atoms with E-state index in [1.54, 1.807) is 11.8 Å². The topological polar surface area (TPSA) is 77.8 Å². The zero-order valence-electron chi connectivity index (χ0n) is 13.2. The number of nitrogens with two attached hydrogens (primary N) is 2. The number of halogens is 1. The van der Waals surface area contributed by atoms with E-state index in [9.17, 15) is 0 Å². The van der Waals surface area contributed by atoms with Crippen molar-refractivity contribution in [1.82, 2.24) is 9.97 Å². The number of nitrogens with zero attached hydrogens (tertiary/aromatic N) is 2. The van der Waals surface area contributed by atoms with Crippen molar-refractivity contribution in [3.05, 3.63) is 59.2 Å². The summed E-state index contributed by atoms with van der Waals surface area (Å²) >= 11 is 7.59. The number of aryl methyl sites for hydroxylation is 1. The molecule has 1 heterocycles. The van der Waals surface area contributed by atoms with E-state index in [0.717, 1.165) is 38.1 Å². The van der Waals surface area contributed by atoms with Gasteiger partial charge in [-0.1, -0.05) is 42.4 Å². The molecule has 24 heavy (non-hydrogen) atoms. The molecule has 0 saturated heterocycles. The largest absolute Gasteiger partial charge is 0.383 e. The molecule has 122 valence electrons. The van der Waals surface area contributed by atoms with E-state index in [0.29, 0.717) is 5.82 Å². The summed E-state index contributed by atoms with van der Waals surface area (Å²) in [5, 5.41) is 0.737. The first-order chi connectivity index (χ1) is 11.6. The Morgan fingerprint density at radius 1 is 0.917 bits per heavy atom. The number of hydrogen-bond donors (Lipinski definition) is 2. The molecule has 0 radical (unpaired) electrons. The highest BCUT2D eigenvalue weighted by molar-refractivity contribution is 7.99. The van der Waals surface area contributed by atoms with E-state index in [4.69, 9.17) is 23.1 Å². The van der Waals surface area contributed by atoms with Crippen molar-refractivity contribution in [3.8, 4) is 11.1 Å². The quantitative estimate of drug-likeness (QED) is 0.709. The van der Waals surface area contributed by atoms with Crippen LogP contribution in [0.4, 0.5) is 11.8 Å². The Labute approximate surface area is 150 Å². The molecule has 3 aromatic rings. The average Bonchev–Trinajstić information content (AvgIpc) is 2.57. The second kappa shape index (κ2) is 7.11. The zero-order valence-corrected chi connectivity index (χ0v) is 14.7. The second-order valence-electron chi connectivity index (χ2n) is 5.22. The maximum absolute atomic E-state index is 6.06. The molecule has 0 aliphatic heterocycles. The SMILES string of the molecule is CCc1nc(N)nc(N)c1-c1ccc(Sc2ccc(Cl)cc2)cc1. The lowest BCUT2D eigenvalue weighted by molar-refractivity contribution is 1.02. The van der Waals surface area contributed by atoms with E-state index in [1.165, 1.54) is 0 Å². The molecular formula is C18H17ClN4S. The van der Waals surface area contributed by atoms with E-state index < -0.39 is 0 Å². The van der Waals surface area contributed by atoms with Gasteiger partial charge in [0.15, 0.2) is 0 Å². The van der Waals surface area contributed by atoms with E-state index >= 15 is 0 Å². The van der Waals surface area contributed by atoms with Crippen molar-refractivity contribution < 1.29 is 0 Å². The first kappa shape index (κ1) is 16.6. The van der Waals surface area contributed by atoms with Gasteiger partial charge in [0.05, 0.1) is 5.69 Å². The summed E-state index contributed by atoms with van der Waals surface area (Å²) in [7, 11) is 0. The van der Waals surface area contributed by atoms with Crippen LogP contribution >= 0.6 is 23.4 Å². The summed E-state index contributed by atoms with van der Waals surface area (Å²) in [6.07, 6.45) is 0.744. The van der Waals surface area contributed by atoms with Gasteiger partial charge in [-0.05, 0) is 48.4 Å². The Balaban J connectivity index is 1.88. The van der Waals surface area contributed by atoms with Gasteiger partial charge < -0.3 is 11.5 Å². The Kier molecular flexibility index (Phi) is 4.92. The van der Waals surface area contributed by atoms with Gasteiger partial charge in [-0.15, -0.1) is 0 Å². The predicted molar refractivity (Wildman–Crippen MR) is 101 cm³/mol. The fourth-order valence-electron chi connectivity index (χ4n) is 2.45. The molecule has 0 fully saturated rings. The second-order valence-corrected chi connectivity index (χ2v) is 6.81. The number of hydrogen-bond acceptors (Lipinski definition) is 5. The van der Waals surface area contributed by atoms with Crippen LogP contribution in [-0.4, -0.2) is 9.97 Å². The smallest absolute Gasteiger partial charge is 0.222 e. The van der Waals surface area contributed by atoms with Crippen molar-refractivity contribution in [2.75, 3.05) is 11.5 Å². The summed E-state index contributed by atoms with van der Waals surface area (Å²) in [5.74, 6) is 0.625. The van der Waals surface area contributed by atoms with Crippen LogP contribution in [0.25, 0.3) is 11.1 Å². The number of benzene rings is 2. The molecule has 0 atom stereocenters. The molecule has 2 aromatic carbocycles. The third kappa shape index (κ3) is 3.63. The summed E-state index contributed by atoms with van der Waals surface area (Å²) in [6, 6.07) is 16.0. The van der Waals surface area contributed by atoms with Crippen LogP contribution < -0.4 is 11.5 Å². The van der Waals surface area contributed by atoms with Crippen LogP contribution in [0.3, 0.4) is 0 Å². The highest BCUT2D eigenvalue weighted by atomic mass is 35.5. The molecule has 0 unspecified atom stereocenters. The minimum Gasteiger partial charge on any atom is -0.383 e. The number of anilines is 2. The molecule has 0 aliphatic rings. The van der Waals surface area contributed by atoms with E-state index in [-0.39, 0.29) is 5.95 Å². The predicted octanol–water partition coefficient (Wildman–Crippen LogP) is 4.68. The van der Waals surface area contributed by atoms with Crippen molar-refractivity contribution in [1.29, 1.82) is 0 Å². The van der Waals surface area contributed by atoms with E-state index in [1.807, 2.05) is 43.3 Å². The minimum atomic E-state index is 0.211. The summed E-state index contributed by atoms with van der Waals surface area (Å²) in [4.78, 5) is 10.6. The first-order valence-electron chi connectivity index (χ1n) is 7.52. The Hall–Kier alpha value is -2.24. The molecular weight excluding hydrogens is 340 g/mol. The summed E-state index contributed by atoms with van der Waals surface area (Å²) in [6.45, 7) is 2.02. The van der Waals surface area contributed by atoms with Gasteiger partial charge in [0.2, 0.25) is 5.95 Å². The van der Waals surface area contributed by atoms with Crippen LogP contribution in [0.2, 0.25) is 5.02 Å². The molecule has 4 N–H and O–H groups in total. The average molecular weight is 357 g/mol. The third-order valence-electron chi connectivity index (χ3n) is 3.56. The van der Waals surface area contributed by atoms with Crippen molar-refractivity contribution >= 4 is 35.1 Å². The third-order valence-corrected chi connectivity index (χ3v) is 4.82. The molecule has 0 saturated carbocycles. The number of aromatic nitrogens is 2. The molecule has 1 aromatic heterocycles. The highest BCUT2D eigenvalue weighted by Gasteiger charge is 2.12. The van der Waals surface area contributed by atoms with Gasteiger partial charge in [0, 0.05) is 20.4 Å². The van der Waals surface area contributed by atoms with Gasteiger partial charge >= 0.3 is 0 Å². The lowest BCUT2D eigenvalue weighted by atomic mass is 10.0. The highest BCUT2D eigenvalue weighted by Crippen LogP contribution is 2.33. The van der Waals surface area contributed by atoms with Gasteiger partial charge in [-0.2, -0.15) is 4.98 Å². The van der Waals surface area contributed by atoms with Crippen molar-refractivity contribution in [3.63, 3.8) is 0 Å². The van der Waals surface area contributed by atoms with Gasteiger partial charge in [-0.3, -0.25) is 0 Å². The van der Waals surface area contributed by atoms with Crippen LogP contribution in [0, 0.1) is 0 Å². The summed E-state index contributed by atoms with van der Waals surface area (Å²) in [5.41, 5.74) is 14.5. The number of nitrogen functional groups attached to an aromatic ring is 2. The lowest BCUT2D eigenvalue weighted by Crippen LogP contribution is -2.06. The molecule has 0 bridgehead atoms. The Morgan fingerprint density at radius 3 is 2.08 bits per heavy atom. The molecule has 0 aliphatic carbocycles. The van der Waals surface area contributed by atoms with Crippen molar-refractivity contribution in [2.45, 2.75) is 23.1 Å². The van der Waals surface area contributed by atoms with Gasteiger partial charge in [0.25, 0.3) is 0 Å². The number of rotatable bonds is 4. The van der Waals surface area contributed by atoms with Crippen LogP contribution in [0.5, 0.6) is 0 Å². The maximum atomic E-state index is 6.06. The maximum Gasteiger partial charge on any atom is 0.222 e. The molecule has 6 heteroatoms. The molecule has 3 rings (SSSR count). The van der Waals surface area contributed by atoms with Crippen LogP contribution in [0.15, 0.2) is 58.3 Å². The van der Waals surface area contributed by atoms with Crippen molar-refractivity contribution in [2.24, 2.45) is 0 Å². The molecule has 0 spiro atoms. The first-order valence-corrected chi connectivity index (χ1v) is 8.72. The zero-order chi connectivity index (χ0) is 17.1. The normalized spacial score (nSPS) is 10.8. The minimum absolute atomic E-state index is 0.211. The fraction of sp³-hybridized carbons (Fsp3) is 0.111. The monoisotopic (exact) mass is 356 g/mol. The van der Waals surface area contributed by atoms with Crippen LogP contribution in [-0.2, 0) is 6.42 Å². The van der Waals surface area contributed by atoms with E-state index in [2.05, 4.69) is 22.1 Å². The Morgan fingerprint density at radius 2 is 1.50 bits per heavy atom. The van der Waals surface area contributed by atoms with Gasteiger partial charge in [-0.25, -0.2) is 4.98 Å². The standard InChI is InChI=1S/C18H17ClN4S/c1-2-15-16(17(20)23-18(21)22-15)11-3-7-13(8-4-11)24-14-9-5-12(19)6-10-14/h3-10H,2H2,1H3,(H4,20,21,22,23). The lowest BCUT2D eigenvalue weighted by Gasteiger charge is -2.11. The fourth-order valence-corrected chi connectivity index (χ4v) is 3.39. The van der Waals surface area contributed by atoms with Crippen LogP contribution in [0.1, 0.15) is 12.6 Å². The Bertz CT molecular complexity index is 848. The molecule has 0 amide bonds. The van der Waals surface area contributed by atoms with Gasteiger partial charge in [0.1, 0.15) is 5.82 Å². The summed E-state index contributed by atoms with van der Waals surface area (Å²) < 4.78 is 0. The molecule has 4 nitrogen and oxygen atoms in total.